The topological polar surface area (TPSA) is 53.1 Å². The molecule has 0 aliphatic carbocycles. The Morgan fingerprint density at radius 1 is 1.30 bits per heavy atom. The Kier molecular flexibility index (Phi) is 3.49. The van der Waals surface area contributed by atoms with Gasteiger partial charge in [-0.15, -0.1) is 0 Å². The van der Waals surface area contributed by atoms with Gasteiger partial charge in [0.1, 0.15) is 11.6 Å². The number of nitrogens with zero attached hydrogens (tertiary/aromatic N) is 2. The Morgan fingerprint density at radius 2 is 2.05 bits per heavy atom. The number of fused-ring (bicyclic) bond motifs is 1. The van der Waals surface area contributed by atoms with E-state index in [9.17, 15) is 0 Å². The van der Waals surface area contributed by atoms with E-state index in [4.69, 9.17) is 15.5 Å². The summed E-state index contributed by atoms with van der Waals surface area (Å²) in [5, 5.41) is 0. The molecule has 4 heteroatoms. The Labute approximate surface area is 119 Å². The van der Waals surface area contributed by atoms with Gasteiger partial charge in [-0.3, -0.25) is 0 Å². The lowest BCUT2D eigenvalue weighted by Crippen LogP contribution is -2.31. The number of rotatable bonds is 3. The summed E-state index contributed by atoms with van der Waals surface area (Å²) in [6, 6.07) is 8.38. The summed E-state index contributed by atoms with van der Waals surface area (Å²) in [6.07, 6.45) is 4.29. The van der Waals surface area contributed by atoms with E-state index in [1.807, 2.05) is 26.0 Å². The van der Waals surface area contributed by atoms with E-state index in [-0.39, 0.29) is 12.1 Å². The fourth-order valence-electron chi connectivity index (χ4n) is 2.59. The van der Waals surface area contributed by atoms with E-state index >= 15 is 0 Å². The van der Waals surface area contributed by atoms with Gasteiger partial charge in [0.25, 0.3) is 0 Å². The fourth-order valence-corrected chi connectivity index (χ4v) is 2.59. The highest BCUT2D eigenvalue weighted by atomic mass is 16.5. The third kappa shape index (κ3) is 2.70. The molecule has 1 unspecified atom stereocenters. The van der Waals surface area contributed by atoms with Crippen LogP contribution in [-0.2, 0) is 13.0 Å². The predicted molar refractivity (Wildman–Crippen MR) is 79.7 cm³/mol. The SMILES string of the molecule is CC(C)Oc1ccc(-c2cn3c(n2)CCC(N)C3)cc1. The van der Waals surface area contributed by atoms with Crippen molar-refractivity contribution in [1.29, 1.82) is 0 Å². The Hall–Kier alpha value is -1.81. The average Bonchev–Trinajstić information content (AvgIpc) is 2.81. The lowest BCUT2D eigenvalue weighted by molar-refractivity contribution is 0.242. The second-order valence-electron chi connectivity index (χ2n) is 5.68. The maximum absolute atomic E-state index is 6.00. The van der Waals surface area contributed by atoms with Crippen molar-refractivity contribution in [2.24, 2.45) is 5.73 Å². The molecule has 0 spiro atoms. The maximum Gasteiger partial charge on any atom is 0.119 e. The zero-order valence-electron chi connectivity index (χ0n) is 12.0. The second-order valence-corrected chi connectivity index (χ2v) is 5.68. The highest BCUT2D eigenvalue weighted by Crippen LogP contribution is 2.24. The van der Waals surface area contributed by atoms with Crippen LogP contribution in [0.4, 0.5) is 0 Å². The minimum Gasteiger partial charge on any atom is -0.491 e. The molecule has 0 bridgehead atoms. The number of hydrogen-bond donors (Lipinski definition) is 1. The summed E-state index contributed by atoms with van der Waals surface area (Å²) in [5.41, 5.74) is 8.14. The molecule has 106 valence electrons. The predicted octanol–water partition coefficient (Wildman–Crippen LogP) is 2.61. The van der Waals surface area contributed by atoms with Gasteiger partial charge in [0.05, 0.1) is 11.8 Å². The van der Waals surface area contributed by atoms with Crippen LogP contribution >= 0.6 is 0 Å². The van der Waals surface area contributed by atoms with Gasteiger partial charge < -0.3 is 15.0 Å². The van der Waals surface area contributed by atoms with E-state index in [1.54, 1.807) is 0 Å². The molecular formula is C16H21N3O. The molecule has 1 atom stereocenters. The van der Waals surface area contributed by atoms with E-state index < -0.39 is 0 Å². The quantitative estimate of drug-likeness (QED) is 0.933. The minimum absolute atomic E-state index is 0.197. The van der Waals surface area contributed by atoms with Crippen molar-refractivity contribution >= 4 is 0 Å². The number of aromatic nitrogens is 2. The average molecular weight is 271 g/mol. The van der Waals surface area contributed by atoms with Crippen LogP contribution in [0.2, 0.25) is 0 Å². The molecule has 1 aromatic heterocycles. The van der Waals surface area contributed by atoms with Crippen LogP contribution in [0.3, 0.4) is 0 Å². The molecule has 0 radical (unpaired) electrons. The molecular weight excluding hydrogens is 250 g/mol. The van der Waals surface area contributed by atoms with Crippen LogP contribution in [0.5, 0.6) is 5.75 Å². The first-order valence-electron chi connectivity index (χ1n) is 7.20. The van der Waals surface area contributed by atoms with Crippen molar-refractivity contribution in [3.05, 3.63) is 36.3 Å². The zero-order chi connectivity index (χ0) is 14.1. The van der Waals surface area contributed by atoms with Crippen LogP contribution in [0.25, 0.3) is 11.3 Å². The summed E-state index contributed by atoms with van der Waals surface area (Å²) in [4.78, 5) is 4.71. The van der Waals surface area contributed by atoms with Crippen LogP contribution in [0, 0.1) is 0 Å². The molecule has 0 fully saturated rings. The van der Waals surface area contributed by atoms with Crippen LogP contribution in [0.15, 0.2) is 30.5 Å². The molecule has 3 rings (SSSR count). The number of aryl methyl sites for hydroxylation is 1. The number of hydrogen-bond acceptors (Lipinski definition) is 3. The van der Waals surface area contributed by atoms with E-state index in [0.29, 0.717) is 0 Å². The number of ether oxygens (including phenoxy) is 1. The van der Waals surface area contributed by atoms with E-state index in [0.717, 1.165) is 42.2 Å². The van der Waals surface area contributed by atoms with E-state index in [1.165, 1.54) is 0 Å². The zero-order valence-corrected chi connectivity index (χ0v) is 12.0. The van der Waals surface area contributed by atoms with E-state index in [2.05, 4.69) is 22.9 Å². The molecule has 0 amide bonds. The smallest absolute Gasteiger partial charge is 0.119 e. The molecule has 2 aromatic rings. The highest BCUT2D eigenvalue weighted by molar-refractivity contribution is 5.59. The molecule has 0 saturated carbocycles. The Bertz CT molecular complexity index is 586. The molecule has 1 aliphatic heterocycles. The van der Waals surface area contributed by atoms with Gasteiger partial charge in [0.2, 0.25) is 0 Å². The molecule has 2 N–H and O–H groups in total. The maximum atomic E-state index is 6.00. The van der Waals surface area contributed by atoms with Crippen molar-refractivity contribution in [3.63, 3.8) is 0 Å². The third-order valence-corrected chi connectivity index (χ3v) is 3.55. The molecule has 0 saturated heterocycles. The summed E-state index contributed by atoms with van der Waals surface area (Å²) < 4.78 is 7.84. The van der Waals surface area contributed by atoms with Crippen LogP contribution in [-0.4, -0.2) is 21.7 Å². The van der Waals surface area contributed by atoms with Gasteiger partial charge >= 0.3 is 0 Å². The summed E-state index contributed by atoms with van der Waals surface area (Å²) in [5.74, 6) is 2.04. The van der Waals surface area contributed by atoms with Crippen LogP contribution in [0.1, 0.15) is 26.1 Å². The second kappa shape index (κ2) is 5.29. The largest absolute Gasteiger partial charge is 0.491 e. The Morgan fingerprint density at radius 3 is 2.75 bits per heavy atom. The first-order chi connectivity index (χ1) is 9.61. The van der Waals surface area contributed by atoms with Gasteiger partial charge in [0.15, 0.2) is 0 Å². The van der Waals surface area contributed by atoms with Crippen molar-refractivity contribution in [1.82, 2.24) is 9.55 Å². The molecule has 20 heavy (non-hydrogen) atoms. The van der Waals surface area contributed by atoms with Crippen molar-refractivity contribution < 1.29 is 4.74 Å². The minimum atomic E-state index is 0.197. The normalized spacial score (nSPS) is 18.1. The van der Waals surface area contributed by atoms with Crippen molar-refractivity contribution in [2.45, 2.75) is 45.4 Å². The van der Waals surface area contributed by atoms with Gasteiger partial charge in [-0.05, 0) is 44.5 Å². The van der Waals surface area contributed by atoms with Gasteiger partial charge in [-0.25, -0.2) is 4.98 Å². The molecule has 4 nitrogen and oxygen atoms in total. The van der Waals surface area contributed by atoms with Crippen LogP contribution < -0.4 is 10.5 Å². The fraction of sp³-hybridized carbons (Fsp3) is 0.438. The first-order valence-corrected chi connectivity index (χ1v) is 7.20. The monoisotopic (exact) mass is 271 g/mol. The molecule has 1 aliphatic rings. The van der Waals surface area contributed by atoms with Gasteiger partial charge in [-0.1, -0.05) is 0 Å². The number of nitrogens with two attached hydrogens (primary N) is 1. The van der Waals surface area contributed by atoms with Gasteiger partial charge in [-0.2, -0.15) is 0 Å². The number of benzene rings is 1. The third-order valence-electron chi connectivity index (χ3n) is 3.55. The van der Waals surface area contributed by atoms with Crippen molar-refractivity contribution in [2.75, 3.05) is 0 Å². The lowest BCUT2D eigenvalue weighted by Gasteiger charge is -2.19. The lowest BCUT2D eigenvalue weighted by atomic mass is 10.1. The first kappa shape index (κ1) is 13.2. The molecule has 2 heterocycles. The number of imidazole rings is 1. The standard InChI is InChI=1S/C16H21N3O/c1-11(2)20-14-6-3-12(4-7-14)15-10-19-9-13(17)5-8-16(19)18-15/h3-4,6-7,10-11,13H,5,8-9,17H2,1-2H3. The highest BCUT2D eigenvalue weighted by Gasteiger charge is 2.17. The van der Waals surface area contributed by atoms with Gasteiger partial charge in [0, 0.05) is 30.8 Å². The summed E-state index contributed by atoms with van der Waals surface area (Å²) in [7, 11) is 0. The Balaban J connectivity index is 1.82. The molecule has 1 aromatic carbocycles. The summed E-state index contributed by atoms with van der Waals surface area (Å²) in [6.45, 7) is 4.93. The summed E-state index contributed by atoms with van der Waals surface area (Å²) >= 11 is 0. The van der Waals surface area contributed by atoms with Crippen molar-refractivity contribution in [3.8, 4) is 17.0 Å².